The van der Waals surface area contributed by atoms with Crippen LogP contribution in [0.5, 0.6) is 5.75 Å². The maximum atomic E-state index is 6.02. The molecule has 21 heavy (non-hydrogen) atoms. The van der Waals surface area contributed by atoms with Gasteiger partial charge >= 0.3 is 0 Å². The Morgan fingerprint density at radius 1 is 1.19 bits per heavy atom. The standard InChI is InChI=1S/C18H22N2O/c1-2-16-13-20(11-10-14-6-4-3-5-7-14)17-12-15(19)8-9-18(17)21-16/h3-9,12,16H,2,10-11,13,19H2,1H3. The first-order valence-corrected chi connectivity index (χ1v) is 7.61. The number of hydrogen-bond donors (Lipinski definition) is 1. The molecule has 1 atom stereocenters. The molecule has 0 aromatic heterocycles. The molecule has 110 valence electrons. The summed E-state index contributed by atoms with van der Waals surface area (Å²) in [6.45, 7) is 4.09. The van der Waals surface area contributed by atoms with E-state index in [1.165, 1.54) is 5.56 Å². The monoisotopic (exact) mass is 282 g/mol. The Bertz CT molecular complexity index is 597. The summed E-state index contributed by atoms with van der Waals surface area (Å²) in [6.07, 6.45) is 2.31. The van der Waals surface area contributed by atoms with E-state index >= 15 is 0 Å². The molecule has 1 heterocycles. The Balaban J connectivity index is 1.79. The lowest BCUT2D eigenvalue weighted by molar-refractivity contribution is 0.189. The molecular weight excluding hydrogens is 260 g/mol. The molecule has 2 aromatic carbocycles. The van der Waals surface area contributed by atoms with Gasteiger partial charge in [-0.2, -0.15) is 0 Å². The highest BCUT2D eigenvalue weighted by Crippen LogP contribution is 2.35. The highest BCUT2D eigenvalue weighted by Gasteiger charge is 2.24. The van der Waals surface area contributed by atoms with Gasteiger partial charge in [-0.1, -0.05) is 37.3 Å². The van der Waals surface area contributed by atoms with Crippen molar-refractivity contribution in [2.75, 3.05) is 23.7 Å². The first kappa shape index (κ1) is 13.8. The van der Waals surface area contributed by atoms with E-state index in [0.717, 1.165) is 43.1 Å². The van der Waals surface area contributed by atoms with Gasteiger partial charge in [-0.3, -0.25) is 0 Å². The predicted octanol–water partition coefficient (Wildman–Crippen LogP) is 3.49. The van der Waals surface area contributed by atoms with Crippen LogP contribution >= 0.6 is 0 Å². The first-order chi connectivity index (χ1) is 10.3. The number of ether oxygens (including phenoxy) is 1. The Labute approximate surface area is 126 Å². The van der Waals surface area contributed by atoms with Gasteiger partial charge in [-0.05, 0) is 36.6 Å². The molecule has 0 aliphatic carbocycles. The number of nitrogen functional groups attached to an aromatic ring is 1. The molecule has 2 aromatic rings. The molecule has 0 spiro atoms. The Kier molecular flexibility index (Phi) is 4.00. The Hall–Kier alpha value is -2.16. The van der Waals surface area contributed by atoms with Crippen LogP contribution in [0, 0.1) is 0 Å². The van der Waals surface area contributed by atoms with Crippen LogP contribution in [-0.4, -0.2) is 19.2 Å². The van der Waals surface area contributed by atoms with Gasteiger partial charge in [0.25, 0.3) is 0 Å². The van der Waals surface area contributed by atoms with Crippen LogP contribution in [0.3, 0.4) is 0 Å². The number of rotatable bonds is 4. The van der Waals surface area contributed by atoms with Crippen LogP contribution in [-0.2, 0) is 6.42 Å². The summed E-state index contributed by atoms with van der Waals surface area (Å²) < 4.78 is 6.02. The highest BCUT2D eigenvalue weighted by molar-refractivity contribution is 5.66. The van der Waals surface area contributed by atoms with E-state index in [4.69, 9.17) is 10.5 Å². The van der Waals surface area contributed by atoms with E-state index < -0.39 is 0 Å². The van der Waals surface area contributed by atoms with Gasteiger partial charge in [0, 0.05) is 12.2 Å². The van der Waals surface area contributed by atoms with Crippen molar-refractivity contribution in [2.45, 2.75) is 25.9 Å². The fourth-order valence-corrected chi connectivity index (χ4v) is 2.78. The third-order valence-electron chi connectivity index (χ3n) is 4.01. The quantitative estimate of drug-likeness (QED) is 0.872. The van der Waals surface area contributed by atoms with Gasteiger partial charge in [0.15, 0.2) is 0 Å². The zero-order valence-electron chi connectivity index (χ0n) is 12.5. The molecule has 0 fully saturated rings. The summed E-state index contributed by atoms with van der Waals surface area (Å²) in [5.74, 6) is 0.954. The molecule has 0 bridgehead atoms. The Morgan fingerprint density at radius 3 is 2.76 bits per heavy atom. The molecule has 0 saturated heterocycles. The third-order valence-corrected chi connectivity index (χ3v) is 4.01. The summed E-state index contributed by atoms with van der Waals surface area (Å²) in [5.41, 5.74) is 9.21. The number of benzene rings is 2. The first-order valence-electron chi connectivity index (χ1n) is 7.61. The lowest BCUT2D eigenvalue weighted by atomic mass is 10.1. The minimum atomic E-state index is 0.261. The lowest BCUT2D eigenvalue weighted by Crippen LogP contribution is -2.40. The van der Waals surface area contributed by atoms with Gasteiger partial charge in [-0.25, -0.2) is 0 Å². The van der Waals surface area contributed by atoms with E-state index in [2.05, 4.69) is 42.2 Å². The number of nitrogens with zero attached hydrogens (tertiary/aromatic N) is 1. The third kappa shape index (κ3) is 3.13. The molecule has 3 heteroatoms. The van der Waals surface area contributed by atoms with Crippen LogP contribution in [0.15, 0.2) is 48.5 Å². The maximum Gasteiger partial charge on any atom is 0.143 e. The van der Waals surface area contributed by atoms with Crippen molar-refractivity contribution >= 4 is 11.4 Å². The van der Waals surface area contributed by atoms with Crippen molar-refractivity contribution in [1.82, 2.24) is 0 Å². The molecule has 1 aliphatic heterocycles. The maximum absolute atomic E-state index is 6.02. The van der Waals surface area contributed by atoms with Gasteiger partial charge < -0.3 is 15.4 Å². The largest absolute Gasteiger partial charge is 0.486 e. The summed E-state index contributed by atoms with van der Waals surface area (Å²) in [6, 6.07) is 16.5. The van der Waals surface area contributed by atoms with Gasteiger partial charge in [0.2, 0.25) is 0 Å². The summed E-state index contributed by atoms with van der Waals surface area (Å²) >= 11 is 0. The van der Waals surface area contributed by atoms with E-state index in [1.807, 2.05) is 18.2 Å². The molecule has 3 rings (SSSR count). The molecule has 2 N–H and O–H groups in total. The van der Waals surface area contributed by atoms with Crippen LogP contribution in [0.25, 0.3) is 0 Å². The zero-order chi connectivity index (χ0) is 14.7. The SMILES string of the molecule is CCC1CN(CCc2ccccc2)c2cc(N)ccc2O1. The minimum absolute atomic E-state index is 0.261. The highest BCUT2D eigenvalue weighted by atomic mass is 16.5. The molecule has 1 aliphatic rings. The number of anilines is 2. The second-order valence-electron chi connectivity index (χ2n) is 5.56. The van der Waals surface area contributed by atoms with E-state index in [0.29, 0.717) is 0 Å². The van der Waals surface area contributed by atoms with Gasteiger partial charge in [0.05, 0.1) is 12.2 Å². The van der Waals surface area contributed by atoms with E-state index in [9.17, 15) is 0 Å². The van der Waals surface area contributed by atoms with Gasteiger partial charge in [-0.15, -0.1) is 0 Å². The van der Waals surface area contributed by atoms with Crippen molar-refractivity contribution in [3.8, 4) is 5.75 Å². The average molecular weight is 282 g/mol. The fourth-order valence-electron chi connectivity index (χ4n) is 2.78. The topological polar surface area (TPSA) is 38.5 Å². The lowest BCUT2D eigenvalue weighted by Gasteiger charge is -2.36. The summed E-state index contributed by atoms with van der Waals surface area (Å²) in [5, 5.41) is 0. The van der Waals surface area contributed by atoms with E-state index in [1.54, 1.807) is 0 Å². The molecule has 0 amide bonds. The smallest absolute Gasteiger partial charge is 0.143 e. The molecule has 3 nitrogen and oxygen atoms in total. The zero-order valence-corrected chi connectivity index (χ0v) is 12.5. The van der Waals surface area contributed by atoms with Gasteiger partial charge in [0.1, 0.15) is 11.9 Å². The summed E-state index contributed by atoms with van der Waals surface area (Å²) in [4.78, 5) is 2.40. The number of nitrogens with two attached hydrogens (primary N) is 1. The predicted molar refractivity (Wildman–Crippen MR) is 87.9 cm³/mol. The normalized spacial score (nSPS) is 17.2. The van der Waals surface area contributed by atoms with Crippen LogP contribution < -0.4 is 15.4 Å². The number of hydrogen-bond acceptors (Lipinski definition) is 3. The molecular formula is C18H22N2O. The second kappa shape index (κ2) is 6.08. The van der Waals surface area contributed by atoms with E-state index in [-0.39, 0.29) is 6.10 Å². The van der Waals surface area contributed by atoms with Crippen molar-refractivity contribution in [1.29, 1.82) is 0 Å². The van der Waals surface area contributed by atoms with Crippen LogP contribution in [0.1, 0.15) is 18.9 Å². The molecule has 1 unspecified atom stereocenters. The second-order valence-corrected chi connectivity index (χ2v) is 5.56. The van der Waals surface area contributed by atoms with Crippen molar-refractivity contribution in [3.63, 3.8) is 0 Å². The summed E-state index contributed by atoms with van der Waals surface area (Å²) in [7, 11) is 0. The molecule has 0 saturated carbocycles. The van der Waals surface area contributed by atoms with Crippen molar-refractivity contribution in [2.24, 2.45) is 0 Å². The van der Waals surface area contributed by atoms with Crippen LogP contribution in [0.2, 0.25) is 0 Å². The van der Waals surface area contributed by atoms with Crippen LogP contribution in [0.4, 0.5) is 11.4 Å². The minimum Gasteiger partial charge on any atom is -0.486 e. The fraction of sp³-hybridized carbons (Fsp3) is 0.333. The van der Waals surface area contributed by atoms with Crippen molar-refractivity contribution < 1.29 is 4.74 Å². The molecule has 0 radical (unpaired) electrons. The average Bonchev–Trinajstić information content (AvgIpc) is 2.53. The number of fused-ring (bicyclic) bond motifs is 1. The Morgan fingerprint density at radius 2 is 2.00 bits per heavy atom. The van der Waals surface area contributed by atoms with Crippen molar-refractivity contribution in [3.05, 3.63) is 54.1 Å².